The quantitative estimate of drug-likeness (QED) is 0.933. The molecule has 0 aliphatic carbocycles. The zero-order chi connectivity index (χ0) is 14.8. The van der Waals surface area contributed by atoms with Gasteiger partial charge in [-0.1, -0.05) is 36.4 Å². The van der Waals surface area contributed by atoms with Crippen LogP contribution in [0.5, 0.6) is 5.75 Å². The summed E-state index contributed by atoms with van der Waals surface area (Å²) in [4.78, 5) is 12.4. The Bertz CT molecular complexity index is 681. The zero-order valence-corrected chi connectivity index (χ0v) is 12.5. The van der Waals surface area contributed by atoms with Crippen molar-refractivity contribution in [3.63, 3.8) is 0 Å². The van der Waals surface area contributed by atoms with E-state index in [9.17, 15) is 9.90 Å². The van der Waals surface area contributed by atoms with Gasteiger partial charge < -0.3 is 9.84 Å². The van der Waals surface area contributed by atoms with Crippen molar-refractivity contribution in [2.24, 2.45) is 0 Å². The van der Waals surface area contributed by atoms with Crippen LogP contribution >= 0.6 is 11.8 Å². The van der Waals surface area contributed by atoms with Crippen LogP contribution in [0, 0.1) is 0 Å². The summed E-state index contributed by atoms with van der Waals surface area (Å²) in [5.74, 6) is 0.745. The van der Waals surface area contributed by atoms with Gasteiger partial charge in [0, 0.05) is 11.7 Å². The lowest BCUT2D eigenvalue weighted by Gasteiger charge is -2.19. The highest BCUT2D eigenvalue weighted by Gasteiger charge is 2.27. The molecule has 0 bridgehead atoms. The molecule has 3 nitrogen and oxygen atoms in total. The number of carboxylic acids is 1. The minimum atomic E-state index is -0.782. The molecular weight excluding hydrogens is 284 g/mol. The largest absolute Gasteiger partial charge is 0.496 e. The second-order valence-corrected chi connectivity index (χ2v) is 6.00. The minimum Gasteiger partial charge on any atom is -0.496 e. The molecule has 4 heteroatoms. The fourth-order valence-corrected chi connectivity index (χ4v) is 4.07. The normalized spacial score (nSPS) is 16.5. The molecule has 1 atom stereocenters. The third-order valence-corrected chi connectivity index (χ3v) is 4.97. The van der Waals surface area contributed by atoms with E-state index < -0.39 is 5.97 Å². The molecule has 0 aromatic heterocycles. The molecule has 0 saturated heterocycles. The molecule has 1 heterocycles. The maximum absolute atomic E-state index is 11.3. The summed E-state index contributed by atoms with van der Waals surface area (Å²) in [5.41, 5.74) is 3.36. The van der Waals surface area contributed by atoms with Crippen LogP contribution in [0.2, 0.25) is 0 Å². The van der Waals surface area contributed by atoms with E-state index in [2.05, 4.69) is 6.07 Å². The zero-order valence-electron chi connectivity index (χ0n) is 11.7. The number of methoxy groups -OCH3 is 1. The Morgan fingerprint density at radius 1 is 1.24 bits per heavy atom. The maximum atomic E-state index is 11.3. The van der Waals surface area contributed by atoms with Gasteiger partial charge in [-0.2, -0.15) is 0 Å². The number of hydrogen-bond acceptors (Lipinski definition) is 3. The number of carbonyl (C=O) groups is 1. The lowest BCUT2D eigenvalue weighted by atomic mass is 9.86. The highest BCUT2D eigenvalue weighted by Crippen LogP contribution is 2.45. The predicted octanol–water partition coefficient (Wildman–Crippen LogP) is 3.91. The van der Waals surface area contributed by atoms with Gasteiger partial charge in [0.1, 0.15) is 5.75 Å². The van der Waals surface area contributed by atoms with Crippen LogP contribution in [0.3, 0.4) is 0 Å². The minimum absolute atomic E-state index is 0.0950. The molecule has 0 amide bonds. The number of fused-ring (bicyclic) bond motifs is 2. The summed E-state index contributed by atoms with van der Waals surface area (Å²) in [5, 5.41) is 9.30. The Kier molecular flexibility index (Phi) is 3.88. The fourth-order valence-electron chi connectivity index (χ4n) is 2.84. The summed E-state index contributed by atoms with van der Waals surface area (Å²) in [7, 11) is 1.65. The molecule has 108 valence electrons. The van der Waals surface area contributed by atoms with E-state index in [1.165, 1.54) is 5.56 Å². The molecule has 1 N–H and O–H groups in total. The van der Waals surface area contributed by atoms with Gasteiger partial charge in [0.2, 0.25) is 0 Å². The first kappa shape index (κ1) is 14.0. The molecule has 1 aliphatic heterocycles. The number of hydrogen-bond donors (Lipinski definition) is 1. The molecule has 0 radical (unpaired) electrons. The second-order valence-electron chi connectivity index (χ2n) is 5.02. The average Bonchev–Trinajstić information content (AvgIpc) is 2.65. The topological polar surface area (TPSA) is 46.5 Å². The van der Waals surface area contributed by atoms with Gasteiger partial charge in [0.05, 0.1) is 18.4 Å². The van der Waals surface area contributed by atoms with Crippen molar-refractivity contribution in [2.75, 3.05) is 7.11 Å². The molecule has 2 aromatic rings. The SMILES string of the molecule is COc1cccc2c1SCc1ccccc1C2CC(=O)O. The molecule has 2 aromatic carbocycles. The molecule has 1 aliphatic rings. The van der Waals surface area contributed by atoms with Gasteiger partial charge in [0.15, 0.2) is 0 Å². The Balaban J connectivity index is 2.18. The summed E-state index contributed by atoms with van der Waals surface area (Å²) < 4.78 is 5.45. The van der Waals surface area contributed by atoms with Gasteiger partial charge in [-0.15, -0.1) is 11.8 Å². The van der Waals surface area contributed by atoms with Crippen LogP contribution in [0.1, 0.15) is 29.0 Å². The third-order valence-electron chi connectivity index (χ3n) is 3.79. The van der Waals surface area contributed by atoms with Crippen LogP contribution in [0.15, 0.2) is 47.4 Å². The first-order valence-corrected chi connectivity index (χ1v) is 7.78. The number of carboxylic acid groups (broad SMARTS) is 1. The number of rotatable bonds is 3. The van der Waals surface area contributed by atoms with Crippen molar-refractivity contribution in [3.8, 4) is 5.75 Å². The van der Waals surface area contributed by atoms with Gasteiger partial charge in [-0.25, -0.2) is 0 Å². The standard InChI is InChI=1S/C17H16O3S/c1-20-15-8-4-7-13-14(9-16(18)19)12-6-3-2-5-11(12)10-21-17(13)15/h2-8,14H,9-10H2,1H3,(H,18,19). The van der Waals surface area contributed by atoms with Gasteiger partial charge >= 0.3 is 5.97 Å². The number of ether oxygens (including phenoxy) is 1. The van der Waals surface area contributed by atoms with Crippen LogP contribution in [-0.4, -0.2) is 18.2 Å². The van der Waals surface area contributed by atoms with E-state index in [0.29, 0.717) is 0 Å². The number of aliphatic carboxylic acids is 1. The van der Waals surface area contributed by atoms with E-state index in [1.54, 1.807) is 18.9 Å². The van der Waals surface area contributed by atoms with E-state index in [-0.39, 0.29) is 12.3 Å². The van der Waals surface area contributed by atoms with Crippen LogP contribution in [-0.2, 0) is 10.5 Å². The highest BCUT2D eigenvalue weighted by atomic mass is 32.2. The molecule has 0 saturated carbocycles. The smallest absolute Gasteiger partial charge is 0.304 e. The monoisotopic (exact) mass is 300 g/mol. The Morgan fingerprint density at radius 2 is 2.00 bits per heavy atom. The van der Waals surface area contributed by atoms with Crippen molar-refractivity contribution in [2.45, 2.75) is 23.0 Å². The Hall–Kier alpha value is -1.94. The van der Waals surface area contributed by atoms with Crippen LogP contribution < -0.4 is 4.74 Å². The lowest BCUT2D eigenvalue weighted by Crippen LogP contribution is -2.09. The third kappa shape index (κ3) is 2.63. The first-order valence-electron chi connectivity index (χ1n) is 6.80. The lowest BCUT2D eigenvalue weighted by molar-refractivity contribution is -0.137. The van der Waals surface area contributed by atoms with E-state index in [0.717, 1.165) is 27.5 Å². The second kappa shape index (κ2) is 5.82. The number of thioether (sulfide) groups is 1. The number of benzene rings is 2. The molecule has 1 unspecified atom stereocenters. The van der Waals surface area contributed by atoms with Crippen LogP contribution in [0.4, 0.5) is 0 Å². The highest BCUT2D eigenvalue weighted by molar-refractivity contribution is 7.98. The predicted molar refractivity (Wildman–Crippen MR) is 83.1 cm³/mol. The van der Waals surface area contributed by atoms with E-state index in [4.69, 9.17) is 4.74 Å². The molecular formula is C17H16O3S. The van der Waals surface area contributed by atoms with Crippen molar-refractivity contribution >= 4 is 17.7 Å². The van der Waals surface area contributed by atoms with Crippen molar-refractivity contribution in [1.29, 1.82) is 0 Å². The maximum Gasteiger partial charge on any atom is 0.304 e. The van der Waals surface area contributed by atoms with Gasteiger partial charge in [0.25, 0.3) is 0 Å². The van der Waals surface area contributed by atoms with Crippen molar-refractivity contribution < 1.29 is 14.6 Å². The molecule has 0 fully saturated rings. The summed E-state index contributed by atoms with van der Waals surface area (Å²) >= 11 is 1.72. The Labute approximate surface area is 127 Å². The van der Waals surface area contributed by atoms with E-state index >= 15 is 0 Å². The summed E-state index contributed by atoms with van der Waals surface area (Å²) in [6, 6.07) is 14.0. The van der Waals surface area contributed by atoms with Gasteiger partial charge in [-0.3, -0.25) is 4.79 Å². The van der Waals surface area contributed by atoms with E-state index in [1.807, 2.05) is 36.4 Å². The summed E-state index contributed by atoms with van der Waals surface area (Å²) in [6.07, 6.45) is 0.0950. The fraction of sp³-hybridized carbons (Fsp3) is 0.235. The average molecular weight is 300 g/mol. The van der Waals surface area contributed by atoms with Gasteiger partial charge in [-0.05, 0) is 22.8 Å². The Morgan fingerprint density at radius 3 is 2.76 bits per heavy atom. The molecule has 0 spiro atoms. The van der Waals surface area contributed by atoms with Crippen molar-refractivity contribution in [3.05, 3.63) is 59.2 Å². The van der Waals surface area contributed by atoms with Crippen molar-refractivity contribution in [1.82, 2.24) is 0 Å². The summed E-state index contributed by atoms with van der Waals surface area (Å²) in [6.45, 7) is 0. The molecule has 21 heavy (non-hydrogen) atoms. The first-order chi connectivity index (χ1) is 10.2. The molecule has 3 rings (SSSR count). The van der Waals surface area contributed by atoms with Crippen LogP contribution in [0.25, 0.3) is 0 Å².